The molecule has 7 heteroatoms. The Kier molecular flexibility index (Phi) is 3.27. The summed E-state index contributed by atoms with van der Waals surface area (Å²) in [6.07, 6.45) is 0.823. The highest BCUT2D eigenvalue weighted by atomic mass is 32.1. The van der Waals surface area contributed by atoms with Crippen LogP contribution in [0.4, 0.5) is 0 Å². The number of aromatic nitrogens is 4. The van der Waals surface area contributed by atoms with Gasteiger partial charge in [0.1, 0.15) is 11.1 Å². The third kappa shape index (κ3) is 2.25. The third-order valence-corrected chi connectivity index (χ3v) is 3.74. The van der Waals surface area contributed by atoms with Crippen molar-refractivity contribution < 1.29 is 9.47 Å². The Morgan fingerprint density at radius 3 is 3.00 bits per heavy atom. The van der Waals surface area contributed by atoms with Crippen LogP contribution in [0.5, 0.6) is 0 Å². The van der Waals surface area contributed by atoms with Crippen LogP contribution in [0, 0.1) is 5.92 Å². The third-order valence-electron chi connectivity index (χ3n) is 2.75. The van der Waals surface area contributed by atoms with Gasteiger partial charge in [-0.15, -0.1) is 10.2 Å². The summed E-state index contributed by atoms with van der Waals surface area (Å²) in [6, 6.07) is 0. The Balaban J connectivity index is 1.88. The largest absolute Gasteiger partial charge is 0.376 e. The molecule has 0 aliphatic carbocycles. The van der Waals surface area contributed by atoms with E-state index in [-0.39, 0.29) is 6.10 Å². The molecule has 0 aromatic carbocycles. The molecular formula is C11H16N4O2S. The smallest absolute Gasteiger partial charge is 0.234 e. The van der Waals surface area contributed by atoms with Gasteiger partial charge in [-0.2, -0.15) is 9.61 Å². The van der Waals surface area contributed by atoms with Crippen molar-refractivity contribution in [3.05, 3.63) is 10.8 Å². The predicted octanol–water partition coefficient (Wildman–Crippen LogP) is 1.47. The molecule has 0 unspecified atom stereocenters. The van der Waals surface area contributed by atoms with E-state index in [9.17, 15) is 0 Å². The van der Waals surface area contributed by atoms with Gasteiger partial charge in [-0.05, 0) is 5.92 Å². The summed E-state index contributed by atoms with van der Waals surface area (Å²) in [5.41, 5.74) is 0. The first kappa shape index (κ1) is 12.0. The standard InChI is InChI=1S/C11H16N4O2S/c1-7(2)5-9-12-13-11-15(9)14-10(18-11)8-6-16-3-4-17-8/h7-8H,3-6H2,1-2H3/t8-/m0/s1. The van der Waals surface area contributed by atoms with E-state index in [1.165, 1.54) is 11.3 Å². The van der Waals surface area contributed by atoms with E-state index < -0.39 is 0 Å². The number of hydrogen-bond acceptors (Lipinski definition) is 6. The summed E-state index contributed by atoms with van der Waals surface area (Å²) in [6.45, 7) is 6.19. The summed E-state index contributed by atoms with van der Waals surface area (Å²) >= 11 is 1.52. The van der Waals surface area contributed by atoms with Crippen molar-refractivity contribution in [2.45, 2.75) is 26.4 Å². The fourth-order valence-corrected chi connectivity index (χ4v) is 2.82. The van der Waals surface area contributed by atoms with Gasteiger partial charge >= 0.3 is 0 Å². The fourth-order valence-electron chi connectivity index (χ4n) is 1.93. The van der Waals surface area contributed by atoms with Gasteiger partial charge in [0.2, 0.25) is 4.96 Å². The zero-order chi connectivity index (χ0) is 12.5. The van der Waals surface area contributed by atoms with Gasteiger partial charge in [0, 0.05) is 6.42 Å². The Hall–Kier alpha value is -1.05. The molecule has 0 N–H and O–H groups in total. The summed E-state index contributed by atoms with van der Waals surface area (Å²) < 4.78 is 12.9. The Bertz CT molecular complexity index is 530. The highest BCUT2D eigenvalue weighted by molar-refractivity contribution is 7.16. The minimum Gasteiger partial charge on any atom is -0.376 e. The van der Waals surface area contributed by atoms with Gasteiger partial charge in [0.15, 0.2) is 5.82 Å². The van der Waals surface area contributed by atoms with E-state index in [0.717, 1.165) is 22.2 Å². The van der Waals surface area contributed by atoms with Gasteiger partial charge in [-0.25, -0.2) is 0 Å². The molecule has 0 saturated carbocycles. The lowest BCUT2D eigenvalue weighted by Crippen LogP contribution is -2.22. The van der Waals surface area contributed by atoms with Crippen LogP contribution in [0.2, 0.25) is 0 Å². The molecule has 1 fully saturated rings. The van der Waals surface area contributed by atoms with Crippen molar-refractivity contribution in [2.75, 3.05) is 19.8 Å². The lowest BCUT2D eigenvalue weighted by molar-refractivity contribution is -0.0904. The monoisotopic (exact) mass is 268 g/mol. The highest BCUT2D eigenvalue weighted by Gasteiger charge is 2.22. The predicted molar refractivity (Wildman–Crippen MR) is 66.7 cm³/mol. The molecule has 3 rings (SSSR count). The van der Waals surface area contributed by atoms with Crippen LogP contribution in [0.25, 0.3) is 4.96 Å². The number of nitrogens with zero attached hydrogens (tertiary/aromatic N) is 4. The molecule has 2 aromatic rings. The van der Waals surface area contributed by atoms with Crippen LogP contribution >= 0.6 is 11.3 Å². The second-order valence-electron chi connectivity index (χ2n) is 4.78. The normalized spacial score (nSPS) is 20.9. The Morgan fingerprint density at radius 1 is 1.39 bits per heavy atom. The first-order valence-corrected chi connectivity index (χ1v) is 6.96. The van der Waals surface area contributed by atoms with E-state index in [0.29, 0.717) is 25.7 Å². The molecule has 2 aromatic heterocycles. The molecule has 1 saturated heterocycles. The summed E-state index contributed by atoms with van der Waals surface area (Å²) in [4.78, 5) is 0.829. The summed E-state index contributed by atoms with van der Waals surface area (Å²) in [7, 11) is 0. The van der Waals surface area contributed by atoms with Crippen LogP contribution in [0.15, 0.2) is 0 Å². The van der Waals surface area contributed by atoms with E-state index in [4.69, 9.17) is 9.47 Å². The number of rotatable bonds is 3. The topological polar surface area (TPSA) is 61.5 Å². The summed E-state index contributed by atoms with van der Waals surface area (Å²) in [5, 5.41) is 13.8. The van der Waals surface area contributed by atoms with Crippen molar-refractivity contribution >= 4 is 16.3 Å². The Labute approximate surface area is 109 Å². The first-order chi connectivity index (χ1) is 8.74. The molecule has 3 heterocycles. The van der Waals surface area contributed by atoms with E-state index in [2.05, 4.69) is 29.1 Å². The average Bonchev–Trinajstić information content (AvgIpc) is 2.92. The SMILES string of the molecule is CC(C)Cc1nnc2sc([C@@H]3COCCO3)nn12. The van der Waals surface area contributed by atoms with E-state index in [1.54, 1.807) is 0 Å². The van der Waals surface area contributed by atoms with Gasteiger partial charge in [0.05, 0.1) is 19.8 Å². The maximum absolute atomic E-state index is 5.65. The van der Waals surface area contributed by atoms with Crippen molar-refractivity contribution in [2.24, 2.45) is 5.92 Å². The van der Waals surface area contributed by atoms with Crippen LogP contribution in [-0.2, 0) is 15.9 Å². The zero-order valence-corrected chi connectivity index (χ0v) is 11.3. The molecule has 1 atom stereocenters. The molecule has 98 valence electrons. The Morgan fingerprint density at radius 2 is 2.28 bits per heavy atom. The van der Waals surface area contributed by atoms with Crippen LogP contribution < -0.4 is 0 Å². The molecule has 1 aliphatic heterocycles. The van der Waals surface area contributed by atoms with Crippen molar-refractivity contribution in [1.82, 2.24) is 19.8 Å². The number of fused-ring (bicyclic) bond motifs is 1. The average molecular weight is 268 g/mol. The van der Waals surface area contributed by atoms with Gasteiger partial charge in [-0.1, -0.05) is 25.2 Å². The molecule has 0 spiro atoms. The van der Waals surface area contributed by atoms with Gasteiger partial charge in [-0.3, -0.25) is 0 Å². The van der Waals surface area contributed by atoms with Crippen LogP contribution in [-0.4, -0.2) is 39.6 Å². The molecule has 18 heavy (non-hydrogen) atoms. The lowest BCUT2D eigenvalue weighted by atomic mass is 10.1. The second kappa shape index (κ2) is 4.91. The van der Waals surface area contributed by atoms with Crippen molar-refractivity contribution in [3.63, 3.8) is 0 Å². The molecule has 1 aliphatic rings. The van der Waals surface area contributed by atoms with E-state index in [1.807, 2.05) is 4.52 Å². The molecule has 0 bridgehead atoms. The second-order valence-corrected chi connectivity index (χ2v) is 5.77. The molecular weight excluding hydrogens is 252 g/mol. The number of ether oxygens (including phenoxy) is 2. The van der Waals surface area contributed by atoms with Crippen LogP contribution in [0.3, 0.4) is 0 Å². The molecule has 0 radical (unpaired) electrons. The minimum absolute atomic E-state index is 0.0580. The fraction of sp³-hybridized carbons (Fsp3) is 0.727. The van der Waals surface area contributed by atoms with Crippen molar-refractivity contribution in [1.29, 1.82) is 0 Å². The highest BCUT2D eigenvalue weighted by Crippen LogP contribution is 2.25. The summed E-state index contributed by atoms with van der Waals surface area (Å²) in [5.74, 6) is 1.45. The van der Waals surface area contributed by atoms with Gasteiger partial charge in [0.25, 0.3) is 0 Å². The molecule has 0 amide bonds. The first-order valence-electron chi connectivity index (χ1n) is 6.14. The minimum atomic E-state index is -0.0580. The van der Waals surface area contributed by atoms with Gasteiger partial charge < -0.3 is 9.47 Å². The van der Waals surface area contributed by atoms with Crippen LogP contribution in [0.1, 0.15) is 30.8 Å². The zero-order valence-electron chi connectivity index (χ0n) is 10.5. The molecule has 6 nitrogen and oxygen atoms in total. The maximum atomic E-state index is 5.65. The quantitative estimate of drug-likeness (QED) is 0.843. The maximum Gasteiger partial charge on any atom is 0.234 e. The lowest BCUT2D eigenvalue weighted by Gasteiger charge is -2.20. The van der Waals surface area contributed by atoms with Crippen molar-refractivity contribution in [3.8, 4) is 0 Å². The van der Waals surface area contributed by atoms with E-state index >= 15 is 0 Å². The number of hydrogen-bond donors (Lipinski definition) is 0.